The number of carbonyl (C=O) groups excluding carboxylic acids is 1. The molecule has 3 aromatic rings. The van der Waals surface area contributed by atoms with Crippen LogP contribution in [-0.4, -0.2) is 35.0 Å². The Bertz CT molecular complexity index is 974. The predicted octanol–water partition coefficient (Wildman–Crippen LogP) is 3.14. The zero-order valence-corrected chi connectivity index (χ0v) is 16.0. The molecule has 1 atom stereocenters. The molecule has 27 heavy (non-hydrogen) atoms. The normalized spacial score (nSPS) is 14.9. The molecule has 2 aromatic heterocycles. The number of fused-ring (bicyclic) bond motifs is 1. The van der Waals surface area contributed by atoms with Gasteiger partial charge in [-0.25, -0.2) is 9.97 Å². The molecule has 0 saturated heterocycles. The lowest BCUT2D eigenvalue weighted by Crippen LogP contribution is -2.32. The van der Waals surface area contributed by atoms with E-state index in [1.165, 1.54) is 10.9 Å². The third-order valence-corrected chi connectivity index (χ3v) is 5.02. The fourth-order valence-electron chi connectivity index (χ4n) is 3.37. The first-order chi connectivity index (χ1) is 13.0. The third-order valence-electron chi connectivity index (χ3n) is 5.02. The van der Waals surface area contributed by atoms with Crippen molar-refractivity contribution in [2.24, 2.45) is 5.92 Å². The van der Waals surface area contributed by atoms with Crippen LogP contribution < -0.4 is 10.2 Å². The summed E-state index contributed by atoms with van der Waals surface area (Å²) in [7, 11) is 3.92. The summed E-state index contributed by atoms with van der Waals surface area (Å²) in [5.41, 5.74) is 3.13. The third kappa shape index (κ3) is 3.79. The van der Waals surface area contributed by atoms with Gasteiger partial charge in [0.05, 0.1) is 11.7 Å². The number of nitrogens with zero attached hydrogens (tertiary/aromatic N) is 3. The first-order valence-corrected chi connectivity index (χ1v) is 9.39. The molecular weight excluding hydrogens is 338 g/mol. The molecule has 140 valence electrons. The van der Waals surface area contributed by atoms with Crippen LogP contribution in [0.2, 0.25) is 0 Å². The van der Waals surface area contributed by atoms with Crippen LogP contribution in [0, 0.1) is 12.8 Å². The summed E-state index contributed by atoms with van der Waals surface area (Å²) in [5, 5.41) is 4.41. The molecule has 1 fully saturated rings. The van der Waals surface area contributed by atoms with Crippen molar-refractivity contribution >= 4 is 22.6 Å². The highest BCUT2D eigenvalue weighted by Crippen LogP contribution is 2.31. The van der Waals surface area contributed by atoms with E-state index in [2.05, 4.69) is 32.4 Å². The highest BCUT2D eigenvalue weighted by molar-refractivity contribution is 5.84. The Balaban J connectivity index is 1.69. The minimum absolute atomic E-state index is 0.127. The van der Waals surface area contributed by atoms with Gasteiger partial charge in [0, 0.05) is 49.6 Å². The van der Waals surface area contributed by atoms with E-state index >= 15 is 0 Å². The maximum absolute atomic E-state index is 12.5. The maximum Gasteiger partial charge on any atom is 0.223 e. The summed E-state index contributed by atoms with van der Waals surface area (Å²) < 4.78 is 0. The standard InChI is InChI=1S/C21H25N5O/c1-13-23-19(11-20(24-13)26(2)3)18(25-21(27)14-8-9-14)10-15-12-22-17-7-5-4-6-16(15)17/h4-7,11-12,14,18,22H,8-10H2,1-3H3,(H,25,27). The molecule has 1 saturated carbocycles. The van der Waals surface area contributed by atoms with Gasteiger partial charge >= 0.3 is 0 Å². The Morgan fingerprint density at radius 2 is 2.07 bits per heavy atom. The minimum Gasteiger partial charge on any atom is -0.363 e. The van der Waals surface area contributed by atoms with Crippen LogP contribution in [-0.2, 0) is 11.2 Å². The van der Waals surface area contributed by atoms with Crippen molar-refractivity contribution in [3.8, 4) is 0 Å². The molecule has 2 N–H and O–H groups in total. The number of nitrogens with one attached hydrogen (secondary N) is 2. The van der Waals surface area contributed by atoms with E-state index < -0.39 is 0 Å². The van der Waals surface area contributed by atoms with Crippen molar-refractivity contribution in [3.63, 3.8) is 0 Å². The van der Waals surface area contributed by atoms with Gasteiger partial charge in [-0.2, -0.15) is 0 Å². The van der Waals surface area contributed by atoms with Gasteiger partial charge in [0.25, 0.3) is 0 Å². The molecule has 1 aliphatic carbocycles. The first kappa shape index (κ1) is 17.5. The van der Waals surface area contributed by atoms with E-state index in [1.807, 2.05) is 50.3 Å². The van der Waals surface area contributed by atoms with Crippen LogP contribution in [0.5, 0.6) is 0 Å². The van der Waals surface area contributed by atoms with Crippen LogP contribution in [0.1, 0.15) is 36.0 Å². The van der Waals surface area contributed by atoms with Gasteiger partial charge in [-0.3, -0.25) is 4.79 Å². The van der Waals surface area contributed by atoms with Crippen molar-refractivity contribution in [3.05, 3.63) is 53.6 Å². The van der Waals surface area contributed by atoms with E-state index in [1.54, 1.807) is 0 Å². The Morgan fingerprint density at radius 1 is 1.30 bits per heavy atom. The number of carbonyl (C=O) groups is 1. The van der Waals surface area contributed by atoms with Crippen LogP contribution in [0.15, 0.2) is 36.5 Å². The Hall–Kier alpha value is -2.89. The molecule has 0 spiro atoms. The van der Waals surface area contributed by atoms with E-state index in [4.69, 9.17) is 0 Å². The largest absolute Gasteiger partial charge is 0.363 e. The number of benzene rings is 1. The van der Waals surface area contributed by atoms with E-state index in [9.17, 15) is 4.79 Å². The summed E-state index contributed by atoms with van der Waals surface area (Å²) in [6.07, 6.45) is 4.68. The Kier molecular flexibility index (Phi) is 4.56. The Labute approximate surface area is 159 Å². The summed E-state index contributed by atoms with van der Waals surface area (Å²) in [6, 6.07) is 10.0. The van der Waals surface area contributed by atoms with Gasteiger partial charge in [0.2, 0.25) is 5.91 Å². The first-order valence-electron chi connectivity index (χ1n) is 9.39. The van der Waals surface area contributed by atoms with Gasteiger partial charge < -0.3 is 15.2 Å². The molecule has 2 heterocycles. The second-order valence-electron chi connectivity index (χ2n) is 7.49. The van der Waals surface area contributed by atoms with E-state index in [0.29, 0.717) is 12.2 Å². The van der Waals surface area contributed by atoms with Gasteiger partial charge in [-0.05, 0) is 31.4 Å². The molecule has 1 aliphatic rings. The SMILES string of the molecule is Cc1nc(C(Cc2c[nH]c3ccccc23)NC(=O)C2CC2)cc(N(C)C)n1. The number of aromatic nitrogens is 3. The predicted molar refractivity (Wildman–Crippen MR) is 107 cm³/mol. The van der Waals surface area contributed by atoms with Crippen LogP contribution in [0.4, 0.5) is 5.82 Å². The molecule has 6 heteroatoms. The molecule has 0 bridgehead atoms. The molecule has 1 unspecified atom stereocenters. The van der Waals surface area contributed by atoms with Gasteiger partial charge in [-0.1, -0.05) is 18.2 Å². The second kappa shape index (κ2) is 7.02. The van der Waals surface area contributed by atoms with Crippen LogP contribution in [0.3, 0.4) is 0 Å². The lowest BCUT2D eigenvalue weighted by atomic mass is 10.0. The molecule has 4 rings (SSSR count). The van der Waals surface area contributed by atoms with Crippen molar-refractivity contribution < 1.29 is 4.79 Å². The van der Waals surface area contributed by atoms with Gasteiger partial charge in [0.15, 0.2) is 0 Å². The van der Waals surface area contributed by atoms with Crippen molar-refractivity contribution in [2.75, 3.05) is 19.0 Å². The van der Waals surface area contributed by atoms with E-state index in [0.717, 1.165) is 29.9 Å². The molecule has 1 amide bonds. The number of aryl methyl sites for hydroxylation is 1. The fraction of sp³-hybridized carbons (Fsp3) is 0.381. The highest BCUT2D eigenvalue weighted by atomic mass is 16.2. The van der Waals surface area contributed by atoms with Crippen molar-refractivity contribution in [1.82, 2.24) is 20.3 Å². The number of H-pyrrole nitrogens is 1. The summed E-state index contributed by atoms with van der Waals surface area (Å²) >= 11 is 0. The minimum atomic E-state index is -0.183. The van der Waals surface area contributed by atoms with E-state index in [-0.39, 0.29) is 17.9 Å². The smallest absolute Gasteiger partial charge is 0.223 e. The van der Waals surface area contributed by atoms with Crippen LogP contribution >= 0.6 is 0 Å². The summed E-state index contributed by atoms with van der Waals surface area (Å²) in [6.45, 7) is 1.89. The second-order valence-corrected chi connectivity index (χ2v) is 7.49. The number of para-hydroxylation sites is 1. The zero-order chi connectivity index (χ0) is 19.0. The molecule has 0 radical (unpaired) electrons. The molecule has 0 aliphatic heterocycles. The fourth-order valence-corrected chi connectivity index (χ4v) is 3.37. The molecule has 1 aromatic carbocycles. The number of aromatic amines is 1. The topological polar surface area (TPSA) is 73.9 Å². The lowest BCUT2D eigenvalue weighted by molar-refractivity contribution is -0.123. The van der Waals surface area contributed by atoms with Crippen molar-refractivity contribution in [2.45, 2.75) is 32.2 Å². The lowest BCUT2D eigenvalue weighted by Gasteiger charge is -2.21. The quantitative estimate of drug-likeness (QED) is 0.706. The van der Waals surface area contributed by atoms with Gasteiger partial charge in [0.1, 0.15) is 11.6 Å². The number of rotatable bonds is 6. The number of anilines is 1. The number of hydrogen-bond acceptors (Lipinski definition) is 4. The maximum atomic E-state index is 12.5. The number of amides is 1. The summed E-state index contributed by atoms with van der Waals surface area (Å²) in [5.74, 6) is 1.84. The monoisotopic (exact) mass is 363 g/mol. The Morgan fingerprint density at radius 3 is 2.81 bits per heavy atom. The molecular formula is C21H25N5O. The summed E-state index contributed by atoms with van der Waals surface area (Å²) in [4.78, 5) is 26.9. The average molecular weight is 363 g/mol. The average Bonchev–Trinajstić information content (AvgIpc) is 3.43. The van der Waals surface area contributed by atoms with Crippen molar-refractivity contribution in [1.29, 1.82) is 0 Å². The zero-order valence-electron chi connectivity index (χ0n) is 16.0. The number of hydrogen-bond donors (Lipinski definition) is 2. The highest BCUT2D eigenvalue weighted by Gasteiger charge is 2.32. The van der Waals surface area contributed by atoms with Gasteiger partial charge in [-0.15, -0.1) is 0 Å². The van der Waals surface area contributed by atoms with Crippen LogP contribution in [0.25, 0.3) is 10.9 Å². The molecule has 6 nitrogen and oxygen atoms in total.